The van der Waals surface area contributed by atoms with Crippen LogP contribution in [0.25, 0.3) is 0 Å². The molecule has 2 aliphatic rings. The van der Waals surface area contributed by atoms with E-state index >= 15 is 0 Å². The molecule has 3 heterocycles. The Balaban J connectivity index is 1.41. The van der Waals surface area contributed by atoms with Crippen molar-refractivity contribution in [3.63, 3.8) is 0 Å². The van der Waals surface area contributed by atoms with E-state index in [0.717, 1.165) is 19.0 Å². The Kier molecular flexibility index (Phi) is 4.71. The summed E-state index contributed by atoms with van der Waals surface area (Å²) in [6.07, 6.45) is 12.8. The SMILES string of the molecule is c1ncn(C[C@@H]2CCCCN2Cc2csc(C3CCCC3)n2)n1. The maximum absolute atomic E-state index is 4.96. The highest BCUT2D eigenvalue weighted by Gasteiger charge is 2.25. The van der Waals surface area contributed by atoms with Crippen LogP contribution in [0.5, 0.6) is 0 Å². The van der Waals surface area contributed by atoms with E-state index in [1.54, 1.807) is 6.33 Å². The minimum atomic E-state index is 0.557. The molecule has 1 aliphatic heterocycles. The van der Waals surface area contributed by atoms with Gasteiger partial charge in [-0.1, -0.05) is 19.3 Å². The molecule has 1 saturated heterocycles. The minimum Gasteiger partial charge on any atom is -0.293 e. The second-order valence-corrected chi connectivity index (χ2v) is 7.79. The molecule has 2 fully saturated rings. The summed E-state index contributed by atoms with van der Waals surface area (Å²) in [4.78, 5) is 11.6. The Bertz CT molecular complexity index is 602. The van der Waals surface area contributed by atoms with Crippen LogP contribution >= 0.6 is 11.3 Å². The van der Waals surface area contributed by atoms with Crippen molar-refractivity contribution in [1.82, 2.24) is 24.6 Å². The molecule has 2 aromatic rings. The van der Waals surface area contributed by atoms with Gasteiger partial charge in [-0.05, 0) is 32.2 Å². The standard InChI is InChI=1S/C17H25N5S/c1-2-6-14(5-1)17-20-15(11-23-17)9-21-8-4-3-7-16(21)10-22-13-18-12-19-22/h11-14,16H,1-10H2/t16-/m0/s1. The number of aromatic nitrogens is 4. The number of hydrogen-bond acceptors (Lipinski definition) is 5. The quantitative estimate of drug-likeness (QED) is 0.842. The lowest BCUT2D eigenvalue weighted by atomic mass is 10.0. The molecule has 1 aliphatic carbocycles. The smallest absolute Gasteiger partial charge is 0.137 e. The summed E-state index contributed by atoms with van der Waals surface area (Å²) in [5, 5.41) is 7.94. The van der Waals surface area contributed by atoms with Gasteiger partial charge in [0.1, 0.15) is 12.7 Å². The molecular weight excluding hydrogens is 306 g/mol. The largest absolute Gasteiger partial charge is 0.293 e. The number of likely N-dealkylation sites (tertiary alicyclic amines) is 1. The van der Waals surface area contributed by atoms with Crippen molar-refractivity contribution in [2.75, 3.05) is 6.54 Å². The lowest BCUT2D eigenvalue weighted by Crippen LogP contribution is -2.41. The molecule has 124 valence electrons. The Hall–Kier alpha value is -1.27. The van der Waals surface area contributed by atoms with Crippen LogP contribution in [0.3, 0.4) is 0 Å². The van der Waals surface area contributed by atoms with Gasteiger partial charge in [-0.25, -0.2) is 9.97 Å². The zero-order chi connectivity index (χ0) is 15.5. The third kappa shape index (κ3) is 3.63. The molecular formula is C17H25N5S. The Morgan fingerprint density at radius 2 is 2.00 bits per heavy atom. The van der Waals surface area contributed by atoms with Crippen LogP contribution in [0.1, 0.15) is 61.6 Å². The fraction of sp³-hybridized carbons (Fsp3) is 0.706. The molecule has 1 atom stereocenters. The number of thiazole rings is 1. The highest BCUT2D eigenvalue weighted by atomic mass is 32.1. The van der Waals surface area contributed by atoms with E-state index in [4.69, 9.17) is 4.98 Å². The number of nitrogens with zero attached hydrogens (tertiary/aromatic N) is 5. The van der Waals surface area contributed by atoms with Crippen molar-refractivity contribution < 1.29 is 0 Å². The van der Waals surface area contributed by atoms with Crippen molar-refractivity contribution in [2.45, 2.75) is 70.0 Å². The van der Waals surface area contributed by atoms with Crippen LogP contribution in [0, 0.1) is 0 Å². The van der Waals surface area contributed by atoms with Crippen molar-refractivity contribution in [3.05, 3.63) is 28.7 Å². The molecule has 0 bridgehead atoms. The molecule has 6 heteroatoms. The summed E-state index contributed by atoms with van der Waals surface area (Å²) >= 11 is 1.88. The monoisotopic (exact) mass is 331 g/mol. The highest BCUT2D eigenvalue weighted by molar-refractivity contribution is 7.09. The fourth-order valence-corrected chi connectivity index (χ4v) is 4.96. The molecule has 5 nitrogen and oxygen atoms in total. The Morgan fingerprint density at radius 3 is 2.83 bits per heavy atom. The molecule has 0 unspecified atom stereocenters. The normalized spacial score (nSPS) is 23.6. The Morgan fingerprint density at radius 1 is 1.13 bits per heavy atom. The van der Waals surface area contributed by atoms with Gasteiger partial charge >= 0.3 is 0 Å². The van der Waals surface area contributed by atoms with Gasteiger partial charge in [-0.3, -0.25) is 9.58 Å². The van der Waals surface area contributed by atoms with Crippen LogP contribution in [0.4, 0.5) is 0 Å². The van der Waals surface area contributed by atoms with E-state index in [-0.39, 0.29) is 0 Å². The van der Waals surface area contributed by atoms with E-state index < -0.39 is 0 Å². The van der Waals surface area contributed by atoms with Gasteiger partial charge in [0.25, 0.3) is 0 Å². The third-order valence-corrected chi connectivity index (χ3v) is 6.31. The van der Waals surface area contributed by atoms with Gasteiger partial charge in [0.2, 0.25) is 0 Å². The van der Waals surface area contributed by atoms with Crippen molar-refractivity contribution in [3.8, 4) is 0 Å². The summed E-state index contributed by atoms with van der Waals surface area (Å²) in [6.45, 7) is 3.11. The first kappa shape index (κ1) is 15.3. The highest BCUT2D eigenvalue weighted by Crippen LogP contribution is 2.35. The predicted octanol–water partition coefficient (Wildman–Crippen LogP) is 3.45. The van der Waals surface area contributed by atoms with Crippen molar-refractivity contribution in [1.29, 1.82) is 0 Å². The average Bonchev–Trinajstić information content (AvgIpc) is 3.31. The molecule has 0 spiro atoms. The maximum Gasteiger partial charge on any atom is 0.137 e. The van der Waals surface area contributed by atoms with E-state index in [0.29, 0.717) is 6.04 Å². The van der Waals surface area contributed by atoms with Gasteiger partial charge in [0.15, 0.2) is 0 Å². The topological polar surface area (TPSA) is 46.8 Å². The van der Waals surface area contributed by atoms with Crippen LogP contribution in [-0.2, 0) is 13.1 Å². The molecule has 0 aromatic carbocycles. The molecule has 2 aromatic heterocycles. The molecule has 0 amide bonds. The lowest BCUT2D eigenvalue weighted by Gasteiger charge is -2.35. The second-order valence-electron chi connectivity index (χ2n) is 6.90. The fourth-order valence-electron chi connectivity index (χ4n) is 3.98. The molecule has 4 rings (SSSR count). The summed E-state index contributed by atoms with van der Waals surface area (Å²) in [5.74, 6) is 0.737. The molecule has 0 radical (unpaired) electrons. The summed E-state index contributed by atoms with van der Waals surface area (Å²) in [6, 6.07) is 0.557. The van der Waals surface area contributed by atoms with Gasteiger partial charge in [0, 0.05) is 23.9 Å². The number of hydrogen-bond donors (Lipinski definition) is 0. The first-order valence-corrected chi connectivity index (χ1v) is 9.77. The maximum atomic E-state index is 4.96. The van der Waals surface area contributed by atoms with Crippen molar-refractivity contribution >= 4 is 11.3 Å². The molecule has 1 saturated carbocycles. The van der Waals surface area contributed by atoms with Gasteiger partial charge in [0.05, 0.1) is 17.2 Å². The second kappa shape index (κ2) is 7.09. The van der Waals surface area contributed by atoms with Gasteiger partial charge in [-0.15, -0.1) is 11.3 Å². The summed E-state index contributed by atoms with van der Waals surface area (Å²) < 4.78 is 1.97. The number of rotatable bonds is 5. The first-order chi connectivity index (χ1) is 11.4. The number of piperidine rings is 1. The van der Waals surface area contributed by atoms with Crippen LogP contribution in [-0.4, -0.2) is 37.2 Å². The van der Waals surface area contributed by atoms with Crippen LogP contribution < -0.4 is 0 Å². The molecule has 23 heavy (non-hydrogen) atoms. The molecule has 0 N–H and O–H groups in total. The first-order valence-electron chi connectivity index (χ1n) is 8.89. The van der Waals surface area contributed by atoms with E-state index in [9.17, 15) is 0 Å². The van der Waals surface area contributed by atoms with Crippen LogP contribution in [0.15, 0.2) is 18.0 Å². The van der Waals surface area contributed by atoms with Gasteiger partial charge < -0.3 is 0 Å². The average molecular weight is 331 g/mol. The zero-order valence-corrected chi connectivity index (χ0v) is 14.4. The van der Waals surface area contributed by atoms with E-state index in [1.807, 2.05) is 22.3 Å². The van der Waals surface area contributed by atoms with E-state index in [2.05, 4.69) is 20.4 Å². The Labute approximate surface area is 141 Å². The zero-order valence-electron chi connectivity index (χ0n) is 13.6. The summed E-state index contributed by atoms with van der Waals surface area (Å²) in [7, 11) is 0. The third-order valence-electron chi connectivity index (χ3n) is 5.25. The van der Waals surface area contributed by atoms with Crippen molar-refractivity contribution in [2.24, 2.45) is 0 Å². The predicted molar refractivity (Wildman–Crippen MR) is 91.4 cm³/mol. The van der Waals surface area contributed by atoms with E-state index in [1.165, 1.54) is 62.2 Å². The van der Waals surface area contributed by atoms with Gasteiger partial charge in [-0.2, -0.15) is 5.10 Å². The summed E-state index contributed by atoms with van der Waals surface area (Å²) in [5.41, 5.74) is 1.27. The minimum absolute atomic E-state index is 0.557. The lowest BCUT2D eigenvalue weighted by molar-refractivity contribution is 0.120. The van der Waals surface area contributed by atoms with Crippen LogP contribution in [0.2, 0.25) is 0 Å².